The fraction of sp³-hybridized carbons (Fsp3) is 0.625. The largest absolute Gasteiger partial charge is 0.337 e. The molecule has 0 fully saturated rings. The van der Waals surface area contributed by atoms with Crippen LogP contribution < -0.4 is 5.32 Å². The van der Waals surface area contributed by atoms with Gasteiger partial charge >= 0.3 is 0 Å². The first-order valence-corrected chi connectivity index (χ1v) is 8.28. The molecule has 0 bridgehead atoms. The Morgan fingerprint density at radius 1 is 1.67 bits per heavy atom. The average Bonchev–Trinajstić information content (AvgIpc) is 2.90. The van der Waals surface area contributed by atoms with Gasteiger partial charge in [0.15, 0.2) is 0 Å². The number of nitrogens with zero attached hydrogens (tertiary/aromatic N) is 2. The highest BCUT2D eigenvalue weighted by molar-refractivity contribution is 7.10. The van der Waals surface area contributed by atoms with Gasteiger partial charge in [0.05, 0.1) is 12.6 Å². The van der Waals surface area contributed by atoms with Crippen molar-refractivity contribution in [3.05, 3.63) is 21.9 Å². The molecule has 0 spiro atoms. The van der Waals surface area contributed by atoms with Crippen molar-refractivity contribution in [3.8, 4) is 6.07 Å². The standard InChI is InChI=1S/C16H23N3OS/c1-11(2)16(4,10-17)18-15(20)9-19-7-5-14-13(12(19)3)6-8-21-14/h6,8,11-12H,5,7,9H2,1-4H3,(H,18,20)/t12-,16+/m0/s1. The lowest BCUT2D eigenvalue weighted by atomic mass is 9.90. The summed E-state index contributed by atoms with van der Waals surface area (Å²) in [6.45, 7) is 9.07. The number of carbonyl (C=O) groups is 1. The molecule has 0 unspecified atom stereocenters. The van der Waals surface area contributed by atoms with Crippen LogP contribution in [0.15, 0.2) is 11.4 Å². The summed E-state index contributed by atoms with van der Waals surface area (Å²) in [5.41, 5.74) is 0.537. The molecule has 2 rings (SSSR count). The summed E-state index contributed by atoms with van der Waals surface area (Å²) in [5.74, 6) is 0.00647. The van der Waals surface area contributed by atoms with Crippen molar-refractivity contribution in [1.82, 2.24) is 10.2 Å². The van der Waals surface area contributed by atoms with Crippen LogP contribution >= 0.6 is 11.3 Å². The molecular weight excluding hydrogens is 282 g/mol. The van der Waals surface area contributed by atoms with E-state index in [4.69, 9.17) is 0 Å². The van der Waals surface area contributed by atoms with Crippen LogP contribution in [-0.2, 0) is 11.2 Å². The van der Waals surface area contributed by atoms with Crippen molar-refractivity contribution >= 4 is 17.2 Å². The summed E-state index contributed by atoms with van der Waals surface area (Å²) in [6, 6.07) is 4.64. The summed E-state index contributed by atoms with van der Waals surface area (Å²) in [4.78, 5) is 15.9. The Bertz CT molecular complexity index is 560. The number of carbonyl (C=O) groups excluding carboxylic acids is 1. The maximum atomic E-state index is 12.3. The SMILES string of the molecule is CC(C)[C@@](C)(C#N)NC(=O)CN1CCc2sccc2[C@@H]1C. The highest BCUT2D eigenvalue weighted by Gasteiger charge is 2.32. The molecule has 4 nitrogen and oxygen atoms in total. The second-order valence-corrected chi connectivity index (χ2v) is 7.21. The van der Waals surface area contributed by atoms with Crippen LogP contribution in [0.3, 0.4) is 0 Å². The zero-order valence-electron chi connectivity index (χ0n) is 13.1. The zero-order chi connectivity index (χ0) is 15.6. The first-order chi connectivity index (χ1) is 9.87. The van der Waals surface area contributed by atoms with Crippen molar-refractivity contribution in [1.29, 1.82) is 5.26 Å². The van der Waals surface area contributed by atoms with Gasteiger partial charge in [-0.1, -0.05) is 13.8 Å². The molecule has 21 heavy (non-hydrogen) atoms. The van der Waals surface area contributed by atoms with E-state index in [1.807, 2.05) is 13.8 Å². The van der Waals surface area contributed by atoms with Crippen LogP contribution in [0.4, 0.5) is 0 Å². The van der Waals surface area contributed by atoms with Crippen LogP contribution in [0.25, 0.3) is 0 Å². The summed E-state index contributed by atoms with van der Waals surface area (Å²) in [5, 5.41) is 14.3. The van der Waals surface area contributed by atoms with Crippen LogP contribution in [0.5, 0.6) is 0 Å². The molecule has 5 heteroatoms. The summed E-state index contributed by atoms with van der Waals surface area (Å²) < 4.78 is 0. The van der Waals surface area contributed by atoms with Gasteiger partial charge in [0.2, 0.25) is 5.91 Å². The van der Waals surface area contributed by atoms with Gasteiger partial charge in [0, 0.05) is 17.5 Å². The highest BCUT2D eigenvalue weighted by atomic mass is 32.1. The fourth-order valence-electron chi connectivity index (χ4n) is 2.59. The van der Waals surface area contributed by atoms with E-state index in [9.17, 15) is 10.1 Å². The number of fused-ring (bicyclic) bond motifs is 1. The van der Waals surface area contributed by atoms with E-state index < -0.39 is 5.54 Å². The first kappa shape index (κ1) is 16.0. The average molecular weight is 305 g/mol. The zero-order valence-corrected chi connectivity index (χ0v) is 14.0. The minimum atomic E-state index is -0.802. The Kier molecular flexibility index (Phi) is 4.70. The van der Waals surface area contributed by atoms with Gasteiger partial charge in [-0.25, -0.2) is 0 Å². The molecule has 0 radical (unpaired) electrons. The summed E-state index contributed by atoms with van der Waals surface area (Å²) >= 11 is 1.80. The number of hydrogen-bond donors (Lipinski definition) is 1. The van der Waals surface area contributed by atoms with Gasteiger partial charge in [0.1, 0.15) is 5.54 Å². The highest BCUT2D eigenvalue weighted by Crippen LogP contribution is 2.32. The van der Waals surface area contributed by atoms with E-state index in [1.165, 1.54) is 10.4 Å². The Labute approximate surface area is 130 Å². The third-order valence-corrected chi connectivity index (χ3v) is 5.53. The van der Waals surface area contributed by atoms with Crippen molar-refractivity contribution in [2.45, 2.75) is 45.7 Å². The predicted octanol–water partition coefficient (Wildman–Crippen LogP) is 2.72. The third kappa shape index (κ3) is 3.28. The van der Waals surface area contributed by atoms with Gasteiger partial charge in [-0.15, -0.1) is 11.3 Å². The maximum Gasteiger partial charge on any atom is 0.235 e. The molecule has 0 saturated carbocycles. The monoisotopic (exact) mass is 305 g/mol. The molecule has 1 aliphatic heterocycles. The van der Waals surface area contributed by atoms with Crippen molar-refractivity contribution in [3.63, 3.8) is 0 Å². The molecule has 1 aromatic heterocycles. The topological polar surface area (TPSA) is 56.1 Å². The molecule has 1 aromatic rings. The summed E-state index contributed by atoms with van der Waals surface area (Å²) in [7, 11) is 0. The van der Waals surface area contributed by atoms with Gasteiger partial charge in [0.25, 0.3) is 0 Å². The fourth-order valence-corrected chi connectivity index (χ4v) is 3.56. The molecule has 2 atom stereocenters. The predicted molar refractivity (Wildman–Crippen MR) is 85.0 cm³/mol. The van der Waals surface area contributed by atoms with E-state index in [1.54, 1.807) is 18.3 Å². The number of hydrogen-bond acceptors (Lipinski definition) is 4. The van der Waals surface area contributed by atoms with E-state index in [0.717, 1.165) is 13.0 Å². The van der Waals surface area contributed by atoms with Crippen molar-refractivity contribution < 1.29 is 4.79 Å². The molecule has 0 aromatic carbocycles. The van der Waals surface area contributed by atoms with Gasteiger partial charge in [-0.3, -0.25) is 9.69 Å². The van der Waals surface area contributed by atoms with E-state index in [2.05, 4.69) is 34.7 Å². The smallest absolute Gasteiger partial charge is 0.235 e. The second-order valence-electron chi connectivity index (χ2n) is 6.21. The molecule has 1 N–H and O–H groups in total. The third-order valence-electron chi connectivity index (χ3n) is 4.54. The maximum absolute atomic E-state index is 12.3. The Morgan fingerprint density at radius 2 is 2.38 bits per heavy atom. The molecule has 1 aliphatic rings. The van der Waals surface area contributed by atoms with Gasteiger partial charge in [-0.05, 0) is 43.2 Å². The van der Waals surface area contributed by atoms with Gasteiger partial charge in [-0.2, -0.15) is 5.26 Å². The minimum Gasteiger partial charge on any atom is -0.337 e. The lowest BCUT2D eigenvalue weighted by molar-refractivity contribution is -0.124. The molecular formula is C16H23N3OS. The molecule has 0 saturated heterocycles. The lowest BCUT2D eigenvalue weighted by Gasteiger charge is -2.34. The van der Waals surface area contributed by atoms with Crippen LogP contribution in [0.1, 0.15) is 44.2 Å². The summed E-state index contributed by atoms with van der Waals surface area (Å²) in [6.07, 6.45) is 1.00. The minimum absolute atomic E-state index is 0.0710. The van der Waals surface area contributed by atoms with Crippen LogP contribution in [0.2, 0.25) is 0 Å². The normalized spacial score (nSPS) is 21.4. The second kappa shape index (κ2) is 6.17. The molecule has 114 valence electrons. The molecule has 2 heterocycles. The van der Waals surface area contributed by atoms with Crippen LogP contribution in [0, 0.1) is 17.2 Å². The molecule has 0 aliphatic carbocycles. The number of thiophene rings is 1. The van der Waals surface area contributed by atoms with Gasteiger partial charge < -0.3 is 5.32 Å². The van der Waals surface area contributed by atoms with E-state index in [0.29, 0.717) is 6.54 Å². The Morgan fingerprint density at radius 3 is 3.00 bits per heavy atom. The Hall–Kier alpha value is -1.38. The van der Waals surface area contributed by atoms with Crippen LogP contribution in [-0.4, -0.2) is 29.4 Å². The lowest BCUT2D eigenvalue weighted by Crippen LogP contribution is -2.52. The number of nitriles is 1. The number of nitrogens with one attached hydrogen (secondary N) is 1. The van der Waals surface area contributed by atoms with Crippen molar-refractivity contribution in [2.24, 2.45) is 5.92 Å². The first-order valence-electron chi connectivity index (χ1n) is 7.40. The van der Waals surface area contributed by atoms with Crippen molar-refractivity contribution in [2.75, 3.05) is 13.1 Å². The van der Waals surface area contributed by atoms with E-state index in [-0.39, 0.29) is 17.9 Å². The molecule has 1 amide bonds. The quantitative estimate of drug-likeness (QED) is 0.930. The number of rotatable bonds is 4. The Balaban J connectivity index is 2.00. The number of amides is 1. The van der Waals surface area contributed by atoms with E-state index >= 15 is 0 Å².